The quantitative estimate of drug-likeness (QED) is 0.604. The van der Waals surface area contributed by atoms with Crippen LogP contribution in [0.15, 0.2) is 48.8 Å². The summed E-state index contributed by atoms with van der Waals surface area (Å²) in [4.78, 5) is 0. The van der Waals surface area contributed by atoms with Gasteiger partial charge in [-0.2, -0.15) is 5.10 Å². The molecule has 0 aliphatic rings. The van der Waals surface area contributed by atoms with Crippen molar-refractivity contribution in [3.63, 3.8) is 0 Å². The number of hydrogen-bond donors (Lipinski definition) is 1. The normalized spacial score (nSPS) is 10.9. The van der Waals surface area contributed by atoms with E-state index in [1.165, 1.54) is 0 Å². The highest BCUT2D eigenvalue weighted by Gasteiger charge is 2.05. The summed E-state index contributed by atoms with van der Waals surface area (Å²) in [7, 11) is 1.58. The van der Waals surface area contributed by atoms with Crippen LogP contribution in [0.1, 0.15) is 5.69 Å². The number of nitrogens with two attached hydrogens (primary N) is 1. The standard InChI is InChI=1S/C12H15N3O/c1-4-5-10(9(2)16-3)8-11-6-7-12(13)15-14-11/h4-7H,1-2,8H2,3H3,(H2,13,15)/b10-5-. The first-order chi connectivity index (χ1) is 7.67. The van der Waals surface area contributed by atoms with Gasteiger partial charge in [0.25, 0.3) is 0 Å². The van der Waals surface area contributed by atoms with Crippen LogP contribution in [0, 0.1) is 0 Å². The lowest BCUT2D eigenvalue weighted by Crippen LogP contribution is -2.01. The Hall–Kier alpha value is -2.10. The van der Waals surface area contributed by atoms with Crippen molar-refractivity contribution in [2.24, 2.45) is 0 Å². The Balaban J connectivity index is 2.84. The minimum atomic E-state index is 0.406. The van der Waals surface area contributed by atoms with Gasteiger partial charge in [-0.15, -0.1) is 5.10 Å². The van der Waals surface area contributed by atoms with Crippen molar-refractivity contribution in [2.75, 3.05) is 12.8 Å². The molecule has 0 amide bonds. The zero-order valence-corrected chi connectivity index (χ0v) is 9.31. The zero-order valence-electron chi connectivity index (χ0n) is 9.31. The first kappa shape index (κ1) is 12.0. The molecule has 0 aromatic carbocycles. The Morgan fingerprint density at radius 2 is 2.25 bits per heavy atom. The second kappa shape index (κ2) is 5.70. The van der Waals surface area contributed by atoms with Gasteiger partial charge >= 0.3 is 0 Å². The highest BCUT2D eigenvalue weighted by Crippen LogP contribution is 2.14. The first-order valence-electron chi connectivity index (χ1n) is 4.80. The van der Waals surface area contributed by atoms with Crippen LogP contribution in [0.25, 0.3) is 0 Å². The van der Waals surface area contributed by atoms with E-state index in [1.54, 1.807) is 19.3 Å². The molecule has 0 unspecified atom stereocenters. The topological polar surface area (TPSA) is 61.0 Å². The van der Waals surface area contributed by atoms with Crippen LogP contribution < -0.4 is 5.73 Å². The summed E-state index contributed by atoms with van der Waals surface area (Å²) in [6.45, 7) is 7.44. The fraction of sp³-hybridized carbons (Fsp3) is 0.167. The molecule has 4 heteroatoms. The van der Waals surface area contributed by atoms with E-state index in [1.807, 2.05) is 12.1 Å². The molecule has 0 aliphatic heterocycles. The highest BCUT2D eigenvalue weighted by molar-refractivity contribution is 5.33. The van der Waals surface area contributed by atoms with E-state index in [0.717, 1.165) is 11.3 Å². The molecule has 84 valence electrons. The lowest BCUT2D eigenvalue weighted by atomic mass is 10.1. The molecule has 2 N–H and O–H groups in total. The first-order valence-corrected chi connectivity index (χ1v) is 4.80. The van der Waals surface area contributed by atoms with Crippen molar-refractivity contribution in [3.05, 3.63) is 54.5 Å². The minimum absolute atomic E-state index is 0.406. The Kier molecular flexibility index (Phi) is 4.27. The number of nitrogens with zero attached hydrogens (tertiary/aromatic N) is 2. The Bertz CT molecular complexity index is 407. The molecule has 1 aromatic rings. The minimum Gasteiger partial charge on any atom is -0.497 e. The Labute approximate surface area is 95.1 Å². The Morgan fingerprint density at radius 1 is 1.50 bits per heavy atom. The van der Waals surface area contributed by atoms with Crippen molar-refractivity contribution in [1.82, 2.24) is 10.2 Å². The fourth-order valence-electron chi connectivity index (χ4n) is 1.18. The van der Waals surface area contributed by atoms with E-state index >= 15 is 0 Å². The summed E-state index contributed by atoms with van der Waals surface area (Å²) in [6.07, 6.45) is 4.11. The summed E-state index contributed by atoms with van der Waals surface area (Å²) in [5.74, 6) is 1.00. The molecular formula is C12H15N3O. The van der Waals surface area contributed by atoms with E-state index in [4.69, 9.17) is 10.5 Å². The summed E-state index contributed by atoms with van der Waals surface area (Å²) >= 11 is 0. The van der Waals surface area contributed by atoms with E-state index in [-0.39, 0.29) is 0 Å². The maximum Gasteiger partial charge on any atom is 0.146 e. The lowest BCUT2D eigenvalue weighted by molar-refractivity contribution is 0.301. The summed E-state index contributed by atoms with van der Waals surface area (Å²) in [6, 6.07) is 3.53. The molecule has 0 bridgehead atoms. The predicted molar refractivity (Wildman–Crippen MR) is 64.6 cm³/mol. The van der Waals surface area contributed by atoms with Crippen molar-refractivity contribution in [1.29, 1.82) is 0 Å². The van der Waals surface area contributed by atoms with E-state index in [9.17, 15) is 0 Å². The van der Waals surface area contributed by atoms with Crippen molar-refractivity contribution in [3.8, 4) is 0 Å². The van der Waals surface area contributed by atoms with Gasteiger partial charge < -0.3 is 10.5 Å². The summed E-state index contributed by atoms with van der Waals surface area (Å²) < 4.78 is 5.08. The van der Waals surface area contributed by atoms with Crippen LogP contribution in [0.2, 0.25) is 0 Å². The molecule has 0 spiro atoms. The van der Waals surface area contributed by atoms with Crippen LogP contribution >= 0.6 is 0 Å². The maximum absolute atomic E-state index is 5.46. The SMILES string of the molecule is C=C/C=C(/Cc1ccc(N)nn1)C(=C)OC. The van der Waals surface area contributed by atoms with Crippen LogP contribution in [-0.2, 0) is 11.2 Å². The Morgan fingerprint density at radius 3 is 2.75 bits per heavy atom. The van der Waals surface area contributed by atoms with Crippen LogP contribution in [0.5, 0.6) is 0 Å². The smallest absolute Gasteiger partial charge is 0.146 e. The van der Waals surface area contributed by atoms with Gasteiger partial charge in [-0.25, -0.2) is 0 Å². The third kappa shape index (κ3) is 3.24. The molecule has 0 saturated carbocycles. The average molecular weight is 217 g/mol. The highest BCUT2D eigenvalue weighted by atomic mass is 16.5. The van der Waals surface area contributed by atoms with Gasteiger partial charge in [-0.3, -0.25) is 0 Å². The third-order valence-corrected chi connectivity index (χ3v) is 2.04. The number of hydrogen-bond acceptors (Lipinski definition) is 4. The van der Waals surface area contributed by atoms with Gasteiger partial charge in [0.05, 0.1) is 12.8 Å². The number of rotatable bonds is 5. The zero-order chi connectivity index (χ0) is 12.0. The van der Waals surface area contributed by atoms with E-state index in [0.29, 0.717) is 18.0 Å². The molecule has 16 heavy (non-hydrogen) atoms. The van der Waals surface area contributed by atoms with Gasteiger partial charge in [0.1, 0.15) is 11.6 Å². The molecule has 0 atom stereocenters. The van der Waals surface area contributed by atoms with E-state index in [2.05, 4.69) is 23.4 Å². The van der Waals surface area contributed by atoms with Gasteiger partial charge in [0, 0.05) is 6.42 Å². The van der Waals surface area contributed by atoms with Crippen molar-refractivity contribution < 1.29 is 4.74 Å². The number of nitrogen functional groups attached to an aromatic ring is 1. The van der Waals surface area contributed by atoms with Crippen LogP contribution in [0.3, 0.4) is 0 Å². The molecule has 1 heterocycles. The van der Waals surface area contributed by atoms with E-state index < -0.39 is 0 Å². The number of anilines is 1. The molecule has 0 radical (unpaired) electrons. The second-order valence-corrected chi connectivity index (χ2v) is 3.18. The fourth-order valence-corrected chi connectivity index (χ4v) is 1.18. The number of allylic oxidation sites excluding steroid dienone is 3. The molecule has 0 saturated heterocycles. The van der Waals surface area contributed by atoms with Crippen LogP contribution in [-0.4, -0.2) is 17.3 Å². The maximum atomic E-state index is 5.46. The van der Waals surface area contributed by atoms with Crippen LogP contribution in [0.4, 0.5) is 5.82 Å². The monoisotopic (exact) mass is 217 g/mol. The molecule has 0 fully saturated rings. The summed E-state index contributed by atoms with van der Waals surface area (Å²) in [5.41, 5.74) is 7.17. The largest absolute Gasteiger partial charge is 0.497 e. The number of ether oxygens (including phenoxy) is 1. The molecule has 4 nitrogen and oxygen atoms in total. The molecule has 1 rings (SSSR count). The third-order valence-electron chi connectivity index (χ3n) is 2.04. The van der Waals surface area contributed by atoms with Gasteiger partial charge in [-0.1, -0.05) is 25.3 Å². The molecule has 0 aliphatic carbocycles. The average Bonchev–Trinajstić information content (AvgIpc) is 2.30. The summed E-state index contributed by atoms with van der Waals surface area (Å²) in [5, 5.41) is 7.75. The second-order valence-electron chi connectivity index (χ2n) is 3.18. The van der Waals surface area contributed by atoms with Gasteiger partial charge in [0.15, 0.2) is 0 Å². The molecule has 1 aromatic heterocycles. The van der Waals surface area contributed by atoms with Crippen molar-refractivity contribution >= 4 is 5.82 Å². The lowest BCUT2D eigenvalue weighted by Gasteiger charge is -2.08. The van der Waals surface area contributed by atoms with Gasteiger partial charge in [-0.05, 0) is 17.7 Å². The van der Waals surface area contributed by atoms with Crippen molar-refractivity contribution in [2.45, 2.75) is 6.42 Å². The number of aromatic nitrogens is 2. The molecular weight excluding hydrogens is 202 g/mol. The number of methoxy groups -OCH3 is 1. The predicted octanol–water partition coefficient (Wildman–Crippen LogP) is 1.87. The van der Waals surface area contributed by atoms with Gasteiger partial charge in [0.2, 0.25) is 0 Å².